The molecule has 1 aliphatic heterocycles. The van der Waals surface area contributed by atoms with Gasteiger partial charge in [0.25, 0.3) is 0 Å². The maximum Gasteiger partial charge on any atom is 0.446 e. The summed E-state index contributed by atoms with van der Waals surface area (Å²) in [6.07, 6.45) is 2.14. The molecule has 0 spiro atoms. The van der Waals surface area contributed by atoms with Gasteiger partial charge in [0.1, 0.15) is 0 Å². The molecule has 106 valence electrons. The van der Waals surface area contributed by atoms with Gasteiger partial charge in [0.2, 0.25) is 0 Å². The lowest BCUT2D eigenvalue weighted by Crippen LogP contribution is -2.42. The van der Waals surface area contributed by atoms with E-state index >= 15 is 0 Å². The number of alkyl halides is 3. The molecule has 0 amide bonds. The first-order chi connectivity index (χ1) is 8.92. The van der Waals surface area contributed by atoms with Crippen molar-refractivity contribution in [3.8, 4) is 0 Å². The zero-order valence-corrected chi connectivity index (χ0v) is 11.3. The molecule has 1 atom stereocenters. The third kappa shape index (κ3) is 5.04. The van der Waals surface area contributed by atoms with E-state index in [0.29, 0.717) is 0 Å². The van der Waals surface area contributed by atoms with Crippen molar-refractivity contribution in [3.05, 3.63) is 29.8 Å². The standard InChI is InChI=1S/C13H17F3N2S/c14-13(15,16)19-12-5-3-10(4-6-12)8-18-7-1-2-11(17)9-18/h3-6,11H,1-2,7-9,17H2. The normalized spacial score (nSPS) is 21.6. The largest absolute Gasteiger partial charge is 0.446 e. The van der Waals surface area contributed by atoms with E-state index in [4.69, 9.17) is 5.73 Å². The van der Waals surface area contributed by atoms with E-state index in [1.54, 1.807) is 12.1 Å². The first-order valence-electron chi connectivity index (χ1n) is 6.25. The minimum Gasteiger partial charge on any atom is -0.327 e. The quantitative estimate of drug-likeness (QED) is 0.867. The molecule has 6 heteroatoms. The highest BCUT2D eigenvalue weighted by atomic mass is 32.2. The number of nitrogens with zero attached hydrogens (tertiary/aromatic N) is 1. The topological polar surface area (TPSA) is 29.3 Å². The number of hydrogen-bond donors (Lipinski definition) is 1. The molecule has 2 rings (SSSR count). The molecule has 0 aliphatic carbocycles. The lowest BCUT2D eigenvalue weighted by molar-refractivity contribution is -0.0328. The lowest BCUT2D eigenvalue weighted by atomic mass is 10.1. The van der Waals surface area contributed by atoms with Gasteiger partial charge in [-0.2, -0.15) is 13.2 Å². The molecule has 19 heavy (non-hydrogen) atoms. The fourth-order valence-electron chi connectivity index (χ4n) is 2.29. The molecule has 2 N–H and O–H groups in total. The highest BCUT2D eigenvalue weighted by molar-refractivity contribution is 8.00. The summed E-state index contributed by atoms with van der Waals surface area (Å²) in [5.74, 6) is 0. The van der Waals surface area contributed by atoms with Crippen LogP contribution in [0.1, 0.15) is 18.4 Å². The molecule has 1 aliphatic rings. The van der Waals surface area contributed by atoms with Gasteiger partial charge < -0.3 is 5.73 Å². The van der Waals surface area contributed by atoms with Gasteiger partial charge in [-0.05, 0) is 48.8 Å². The number of thioether (sulfide) groups is 1. The van der Waals surface area contributed by atoms with Crippen LogP contribution in [-0.4, -0.2) is 29.5 Å². The Kier molecular flexibility index (Phi) is 4.76. The van der Waals surface area contributed by atoms with Gasteiger partial charge in [0.05, 0.1) is 0 Å². The Morgan fingerprint density at radius 2 is 1.95 bits per heavy atom. The number of piperidine rings is 1. The zero-order valence-electron chi connectivity index (χ0n) is 10.5. The second-order valence-electron chi connectivity index (χ2n) is 4.83. The minimum atomic E-state index is -4.22. The number of hydrogen-bond acceptors (Lipinski definition) is 3. The molecule has 0 bridgehead atoms. The summed E-state index contributed by atoms with van der Waals surface area (Å²) in [7, 11) is 0. The molecule has 0 aromatic heterocycles. The first-order valence-corrected chi connectivity index (χ1v) is 7.07. The fraction of sp³-hybridized carbons (Fsp3) is 0.538. The fourth-order valence-corrected chi connectivity index (χ4v) is 2.83. The van der Waals surface area contributed by atoms with Crippen LogP contribution < -0.4 is 5.73 Å². The average Bonchev–Trinajstić information content (AvgIpc) is 2.30. The van der Waals surface area contributed by atoms with Gasteiger partial charge in [0.15, 0.2) is 0 Å². The Bertz CT molecular complexity index is 405. The predicted molar refractivity (Wildman–Crippen MR) is 70.8 cm³/mol. The third-order valence-corrected chi connectivity index (χ3v) is 3.84. The molecule has 0 radical (unpaired) electrons. The van der Waals surface area contributed by atoms with E-state index in [2.05, 4.69) is 4.90 Å². The van der Waals surface area contributed by atoms with E-state index in [1.165, 1.54) is 12.1 Å². The van der Waals surface area contributed by atoms with Crippen molar-refractivity contribution >= 4 is 11.8 Å². The van der Waals surface area contributed by atoms with Gasteiger partial charge in [-0.25, -0.2) is 0 Å². The van der Waals surface area contributed by atoms with Crippen LogP contribution in [-0.2, 0) is 6.54 Å². The van der Waals surface area contributed by atoms with Crippen molar-refractivity contribution in [2.24, 2.45) is 5.73 Å². The van der Waals surface area contributed by atoms with E-state index in [0.717, 1.165) is 38.0 Å². The predicted octanol–water partition coefficient (Wildman–Crippen LogP) is 3.22. The summed E-state index contributed by atoms with van der Waals surface area (Å²) in [5.41, 5.74) is 2.71. The van der Waals surface area contributed by atoms with Crippen LogP contribution in [0.5, 0.6) is 0 Å². The Balaban J connectivity index is 1.91. The molecule has 1 heterocycles. The molecule has 1 aromatic rings. The van der Waals surface area contributed by atoms with Crippen molar-refractivity contribution in [3.63, 3.8) is 0 Å². The number of halogens is 3. The average molecular weight is 290 g/mol. The zero-order chi connectivity index (χ0) is 13.9. The molecule has 1 aromatic carbocycles. The van der Waals surface area contributed by atoms with Crippen LogP contribution in [0, 0.1) is 0 Å². The van der Waals surface area contributed by atoms with Gasteiger partial charge in [-0.15, -0.1) is 0 Å². The van der Waals surface area contributed by atoms with Crippen LogP contribution >= 0.6 is 11.8 Å². The van der Waals surface area contributed by atoms with Gasteiger partial charge in [0, 0.05) is 24.0 Å². The van der Waals surface area contributed by atoms with E-state index in [-0.39, 0.29) is 22.7 Å². The van der Waals surface area contributed by atoms with Crippen LogP contribution in [0.15, 0.2) is 29.2 Å². The van der Waals surface area contributed by atoms with Crippen LogP contribution in [0.3, 0.4) is 0 Å². The highest BCUT2D eigenvalue weighted by Crippen LogP contribution is 2.36. The Labute approximate surface area is 115 Å². The number of likely N-dealkylation sites (tertiary alicyclic amines) is 1. The SMILES string of the molecule is NC1CCCN(Cc2ccc(SC(F)(F)F)cc2)C1. The van der Waals surface area contributed by atoms with E-state index in [9.17, 15) is 13.2 Å². The summed E-state index contributed by atoms with van der Waals surface area (Å²) in [4.78, 5) is 2.48. The van der Waals surface area contributed by atoms with Crippen LogP contribution in [0.25, 0.3) is 0 Å². The molecule has 1 fully saturated rings. The van der Waals surface area contributed by atoms with Crippen molar-refractivity contribution < 1.29 is 13.2 Å². The monoisotopic (exact) mass is 290 g/mol. The highest BCUT2D eigenvalue weighted by Gasteiger charge is 2.29. The van der Waals surface area contributed by atoms with Crippen LogP contribution in [0.4, 0.5) is 13.2 Å². The van der Waals surface area contributed by atoms with Gasteiger partial charge >= 0.3 is 5.51 Å². The summed E-state index contributed by atoms with van der Waals surface area (Å²) in [6.45, 7) is 2.62. The van der Waals surface area contributed by atoms with Crippen molar-refractivity contribution in [1.82, 2.24) is 4.90 Å². The maximum atomic E-state index is 12.2. The Morgan fingerprint density at radius 3 is 2.53 bits per heavy atom. The van der Waals surface area contributed by atoms with Crippen molar-refractivity contribution in [2.75, 3.05) is 13.1 Å². The Hall–Kier alpha value is -0.720. The van der Waals surface area contributed by atoms with E-state index < -0.39 is 5.51 Å². The lowest BCUT2D eigenvalue weighted by Gasteiger charge is -2.30. The van der Waals surface area contributed by atoms with Crippen molar-refractivity contribution in [2.45, 2.75) is 35.8 Å². The summed E-state index contributed by atoms with van der Waals surface area (Å²) < 4.78 is 36.6. The minimum absolute atomic E-state index is 0.0777. The second kappa shape index (κ2) is 6.15. The van der Waals surface area contributed by atoms with Gasteiger partial charge in [-0.1, -0.05) is 12.1 Å². The first kappa shape index (κ1) is 14.7. The molecular formula is C13H17F3N2S. The molecule has 0 saturated carbocycles. The Morgan fingerprint density at radius 1 is 1.26 bits per heavy atom. The van der Waals surface area contributed by atoms with Crippen LogP contribution in [0.2, 0.25) is 0 Å². The maximum absolute atomic E-state index is 12.2. The number of nitrogens with two attached hydrogens (primary N) is 1. The van der Waals surface area contributed by atoms with E-state index in [1.807, 2.05) is 0 Å². The molecule has 1 unspecified atom stereocenters. The van der Waals surface area contributed by atoms with Gasteiger partial charge in [-0.3, -0.25) is 4.90 Å². The van der Waals surface area contributed by atoms with Crippen molar-refractivity contribution in [1.29, 1.82) is 0 Å². The summed E-state index contributed by atoms with van der Waals surface area (Å²) in [6, 6.07) is 6.78. The second-order valence-corrected chi connectivity index (χ2v) is 5.97. The number of rotatable bonds is 3. The number of benzene rings is 1. The molecular weight excluding hydrogens is 273 g/mol. The third-order valence-electron chi connectivity index (χ3n) is 3.11. The summed E-state index contributed by atoms with van der Waals surface area (Å²) >= 11 is -0.0777. The molecule has 2 nitrogen and oxygen atoms in total. The molecule has 1 saturated heterocycles. The smallest absolute Gasteiger partial charge is 0.327 e. The summed E-state index contributed by atoms with van der Waals surface area (Å²) in [5, 5.41) is 0.